The van der Waals surface area contributed by atoms with Crippen LogP contribution in [-0.4, -0.2) is 27.3 Å². The van der Waals surface area contributed by atoms with Crippen LogP contribution in [0.1, 0.15) is 63.4 Å². The first-order chi connectivity index (χ1) is 11.5. The highest BCUT2D eigenvalue weighted by Gasteiger charge is 2.41. The molecule has 138 valence electrons. The van der Waals surface area contributed by atoms with E-state index in [1.807, 2.05) is 0 Å². The van der Waals surface area contributed by atoms with E-state index in [0.717, 1.165) is 25.3 Å². The summed E-state index contributed by atoms with van der Waals surface area (Å²) < 4.78 is 43.6. The van der Waals surface area contributed by atoms with E-state index >= 15 is 0 Å². The van der Waals surface area contributed by atoms with E-state index in [2.05, 4.69) is 6.92 Å². The molecule has 1 rings (SSSR count). The first-order valence-corrected chi connectivity index (χ1v) is 8.64. The fraction of sp³-hybridized carbons (Fsp3) is 0.684. The van der Waals surface area contributed by atoms with E-state index in [1.54, 1.807) is 0 Å². The number of halogens is 2. The number of benzene rings is 1. The highest BCUT2D eigenvalue weighted by atomic mass is 19.1. The normalized spacial score (nSPS) is 13.2. The summed E-state index contributed by atoms with van der Waals surface area (Å²) in [6.45, 7) is 2.18. The molecule has 1 aromatic carbocycles. The molecule has 0 N–H and O–H groups in total. The van der Waals surface area contributed by atoms with Gasteiger partial charge >= 0.3 is 0 Å². The quantitative estimate of drug-likeness (QED) is 0.376. The number of unbranched alkanes of at least 4 members (excludes halogenated alkanes) is 5. The van der Waals surface area contributed by atoms with Gasteiger partial charge in [-0.05, 0) is 24.1 Å². The molecule has 0 spiro atoms. The van der Waals surface area contributed by atoms with Gasteiger partial charge in [0.05, 0.1) is 5.92 Å². The van der Waals surface area contributed by atoms with Gasteiger partial charge in [0.2, 0.25) is 0 Å². The Morgan fingerprint density at radius 3 is 1.83 bits per heavy atom. The third-order valence-electron chi connectivity index (χ3n) is 4.41. The minimum absolute atomic E-state index is 0.422. The van der Waals surface area contributed by atoms with Gasteiger partial charge in [-0.15, -0.1) is 0 Å². The van der Waals surface area contributed by atoms with Crippen molar-refractivity contribution in [1.82, 2.24) is 0 Å². The van der Waals surface area contributed by atoms with Crippen LogP contribution in [0.25, 0.3) is 0 Å². The molecular formula is C19H30F2O3. The molecule has 3 nitrogen and oxygen atoms in total. The lowest BCUT2D eigenvalue weighted by molar-refractivity contribution is -0.365. The van der Waals surface area contributed by atoms with Crippen molar-refractivity contribution < 1.29 is 23.0 Å². The molecule has 0 aliphatic heterocycles. The Balaban J connectivity index is 2.91. The van der Waals surface area contributed by atoms with E-state index in [0.29, 0.717) is 12.0 Å². The fourth-order valence-electron chi connectivity index (χ4n) is 3.13. The summed E-state index contributed by atoms with van der Waals surface area (Å²) in [5.41, 5.74) is 0.478. The molecule has 24 heavy (non-hydrogen) atoms. The standard InChI is InChI=1S/C19H30F2O3/c1-5-6-7-8-9-10-11-18(19(22-2,23-3)24-4)15-12-16(20)14-17(21)13-15/h12-14,18H,5-11H2,1-4H3. The monoisotopic (exact) mass is 344 g/mol. The molecule has 0 radical (unpaired) electrons. The molecule has 0 heterocycles. The number of ether oxygens (including phenoxy) is 3. The predicted octanol–water partition coefficient (Wildman–Crippen LogP) is 5.39. The lowest BCUT2D eigenvalue weighted by Gasteiger charge is -2.36. The van der Waals surface area contributed by atoms with E-state index in [4.69, 9.17) is 14.2 Å². The summed E-state index contributed by atoms with van der Waals surface area (Å²) in [6, 6.07) is 3.49. The summed E-state index contributed by atoms with van der Waals surface area (Å²) >= 11 is 0. The van der Waals surface area contributed by atoms with Crippen molar-refractivity contribution in [1.29, 1.82) is 0 Å². The Labute approximate surface area is 144 Å². The summed E-state index contributed by atoms with van der Waals surface area (Å²) in [7, 11) is 4.41. The lowest BCUT2D eigenvalue weighted by Crippen LogP contribution is -2.42. The Bertz CT molecular complexity index is 447. The molecule has 1 aromatic rings. The van der Waals surface area contributed by atoms with Crippen molar-refractivity contribution in [2.45, 2.75) is 63.8 Å². The second-order valence-electron chi connectivity index (χ2n) is 6.03. The van der Waals surface area contributed by atoms with Gasteiger partial charge in [-0.25, -0.2) is 8.78 Å². The third-order valence-corrected chi connectivity index (χ3v) is 4.41. The van der Waals surface area contributed by atoms with Crippen molar-refractivity contribution in [3.63, 3.8) is 0 Å². The van der Waals surface area contributed by atoms with Crippen LogP contribution < -0.4 is 0 Å². The van der Waals surface area contributed by atoms with Crippen LogP contribution in [-0.2, 0) is 14.2 Å². The highest BCUT2D eigenvalue weighted by molar-refractivity contribution is 5.23. The summed E-state index contributed by atoms with van der Waals surface area (Å²) in [5.74, 6) is -3.01. The second kappa shape index (κ2) is 10.7. The van der Waals surface area contributed by atoms with Crippen LogP contribution in [0.4, 0.5) is 8.78 Å². The Kier molecular flexibility index (Phi) is 9.41. The third kappa shape index (κ3) is 5.80. The lowest BCUT2D eigenvalue weighted by atomic mass is 9.90. The maximum Gasteiger partial charge on any atom is 0.289 e. The van der Waals surface area contributed by atoms with Crippen molar-refractivity contribution in [2.24, 2.45) is 0 Å². The maximum absolute atomic E-state index is 13.7. The van der Waals surface area contributed by atoms with Crippen molar-refractivity contribution in [2.75, 3.05) is 21.3 Å². The van der Waals surface area contributed by atoms with Crippen LogP contribution in [0.5, 0.6) is 0 Å². The molecule has 0 fully saturated rings. The van der Waals surface area contributed by atoms with Crippen LogP contribution in [0.2, 0.25) is 0 Å². The zero-order valence-corrected chi connectivity index (χ0v) is 15.2. The minimum Gasteiger partial charge on any atom is -0.330 e. The van der Waals surface area contributed by atoms with Gasteiger partial charge in [0.25, 0.3) is 5.97 Å². The molecule has 1 atom stereocenters. The Morgan fingerprint density at radius 1 is 0.833 bits per heavy atom. The SMILES string of the molecule is CCCCCCCCC(c1cc(F)cc(F)c1)C(OC)(OC)OC. The first-order valence-electron chi connectivity index (χ1n) is 8.64. The van der Waals surface area contributed by atoms with Crippen molar-refractivity contribution >= 4 is 0 Å². The molecule has 1 unspecified atom stereocenters. The van der Waals surface area contributed by atoms with Gasteiger partial charge in [0, 0.05) is 27.4 Å². The van der Waals surface area contributed by atoms with Crippen molar-refractivity contribution in [3.05, 3.63) is 35.4 Å². The number of hydrogen-bond acceptors (Lipinski definition) is 3. The van der Waals surface area contributed by atoms with E-state index in [9.17, 15) is 8.78 Å². The average Bonchev–Trinajstić information content (AvgIpc) is 2.57. The van der Waals surface area contributed by atoms with Gasteiger partial charge in [0.1, 0.15) is 11.6 Å². The molecule has 0 amide bonds. The van der Waals surface area contributed by atoms with Gasteiger partial charge in [-0.1, -0.05) is 45.4 Å². The van der Waals surface area contributed by atoms with Crippen LogP contribution >= 0.6 is 0 Å². The molecule has 0 aromatic heterocycles. The van der Waals surface area contributed by atoms with Gasteiger partial charge in [0.15, 0.2) is 0 Å². The van der Waals surface area contributed by atoms with Crippen molar-refractivity contribution in [3.8, 4) is 0 Å². The van der Waals surface area contributed by atoms with Gasteiger partial charge in [-0.2, -0.15) is 0 Å². The average molecular weight is 344 g/mol. The molecule has 0 saturated carbocycles. The molecule has 5 heteroatoms. The zero-order chi connectivity index (χ0) is 18.0. The summed E-state index contributed by atoms with van der Waals surface area (Å²) in [6.07, 6.45) is 7.41. The number of hydrogen-bond donors (Lipinski definition) is 0. The van der Waals surface area contributed by atoms with Crippen LogP contribution in [0.15, 0.2) is 18.2 Å². The van der Waals surface area contributed by atoms with E-state index in [-0.39, 0.29) is 0 Å². The molecular weight excluding hydrogens is 314 g/mol. The molecule has 0 bridgehead atoms. The summed E-state index contributed by atoms with van der Waals surface area (Å²) in [4.78, 5) is 0. The predicted molar refractivity (Wildman–Crippen MR) is 90.9 cm³/mol. The molecule has 0 saturated heterocycles. The Morgan fingerprint density at radius 2 is 1.33 bits per heavy atom. The van der Waals surface area contributed by atoms with Gasteiger partial charge in [-0.3, -0.25) is 0 Å². The minimum atomic E-state index is -1.36. The molecule has 0 aliphatic rings. The van der Waals surface area contributed by atoms with Crippen LogP contribution in [0.3, 0.4) is 0 Å². The topological polar surface area (TPSA) is 27.7 Å². The largest absolute Gasteiger partial charge is 0.330 e. The Hall–Kier alpha value is -1.04. The first kappa shape index (κ1) is 21.0. The second-order valence-corrected chi connectivity index (χ2v) is 6.03. The molecule has 0 aliphatic carbocycles. The smallest absolute Gasteiger partial charge is 0.289 e. The maximum atomic E-state index is 13.7. The number of methoxy groups -OCH3 is 3. The zero-order valence-electron chi connectivity index (χ0n) is 15.2. The number of rotatable bonds is 12. The van der Waals surface area contributed by atoms with Crippen LogP contribution in [0, 0.1) is 11.6 Å². The highest BCUT2D eigenvalue weighted by Crippen LogP contribution is 2.37. The van der Waals surface area contributed by atoms with E-state index < -0.39 is 23.5 Å². The summed E-state index contributed by atoms with van der Waals surface area (Å²) in [5, 5.41) is 0. The fourth-order valence-corrected chi connectivity index (χ4v) is 3.13. The van der Waals surface area contributed by atoms with Gasteiger partial charge < -0.3 is 14.2 Å². The van der Waals surface area contributed by atoms with E-state index in [1.165, 1.54) is 52.7 Å².